The number of aromatic nitrogens is 4. The van der Waals surface area contributed by atoms with Crippen LogP contribution in [-0.2, 0) is 11.3 Å². The lowest BCUT2D eigenvalue weighted by Gasteiger charge is -2.40. The highest BCUT2D eigenvalue weighted by atomic mass is 16.5. The van der Waals surface area contributed by atoms with Gasteiger partial charge in [0.25, 0.3) is 0 Å². The number of hydrazone groups is 1. The molecule has 0 unspecified atom stereocenters. The number of unbranched alkanes of at least 4 members (excludes halogenated alkanes) is 1. The van der Waals surface area contributed by atoms with Crippen molar-refractivity contribution in [1.82, 2.24) is 24.5 Å². The average molecular weight is 543 g/mol. The first kappa shape index (κ1) is 26.5. The zero-order valence-electron chi connectivity index (χ0n) is 23.2. The van der Waals surface area contributed by atoms with Crippen molar-refractivity contribution in [2.75, 3.05) is 13.7 Å². The molecule has 1 saturated carbocycles. The van der Waals surface area contributed by atoms with Gasteiger partial charge < -0.3 is 14.0 Å². The minimum atomic E-state index is -0.0446. The van der Waals surface area contributed by atoms with Gasteiger partial charge in [-0.25, -0.2) is 20.0 Å². The molecule has 40 heavy (non-hydrogen) atoms. The van der Waals surface area contributed by atoms with E-state index in [1.54, 1.807) is 13.3 Å². The Kier molecular flexibility index (Phi) is 8.07. The van der Waals surface area contributed by atoms with Crippen LogP contribution in [0.5, 0.6) is 11.5 Å². The zero-order valence-corrected chi connectivity index (χ0v) is 23.2. The topological polar surface area (TPSA) is 94.7 Å². The summed E-state index contributed by atoms with van der Waals surface area (Å²) in [5.41, 5.74) is 3.67. The van der Waals surface area contributed by atoms with Crippen LogP contribution in [0.3, 0.4) is 0 Å². The molecule has 3 heterocycles. The second kappa shape index (κ2) is 12.2. The Morgan fingerprint density at radius 2 is 1.80 bits per heavy atom. The third-order valence-corrected chi connectivity index (χ3v) is 8.52. The van der Waals surface area contributed by atoms with E-state index in [4.69, 9.17) is 14.6 Å². The molecular weight excluding hydrogens is 504 g/mol. The van der Waals surface area contributed by atoms with Crippen molar-refractivity contribution in [1.29, 1.82) is 0 Å². The summed E-state index contributed by atoms with van der Waals surface area (Å²) in [6.45, 7) is 1.39. The Morgan fingerprint density at radius 1 is 0.975 bits per heavy atom. The van der Waals surface area contributed by atoms with Crippen molar-refractivity contribution in [2.45, 2.75) is 76.8 Å². The van der Waals surface area contributed by atoms with E-state index >= 15 is 0 Å². The predicted octanol–water partition coefficient (Wildman–Crippen LogP) is 5.55. The van der Waals surface area contributed by atoms with Gasteiger partial charge in [-0.2, -0.15) is 5.10 Å². The van der Waals surface area contributed by atoms with E-state index in [1.165, 1.54) is 32.0 Å². The molecule has 0 spiro atoms. The maximum atomic E-state index is 13.6. The third-order valence-electron chi connectivity index (χ3n) is 8.52. The summed E-state index contributed by atoms with van der Waals surface area (Å²) in [6.07, 6.45) is 19.8. The maximum Gasteiger partial charge on any atom is 0.247 e. The summed E-state index contributed by atoms with van der Waals surface area (Å²) >= 11 is 0. The normalized spacial score (nSPS) is 21.7. The summed E-state index contributed by atoms with van der Waals surface area (Å²) in [6, 6.07) is 6.28. The van der Waals surface area contributed by atoms with E-state index in [0.29, 0.717) is 23.8 Å². The highest BCUT2D eigenvalue weighted by Gasteiger charge is 2.42. The van der Waals surface area contributed by atoms with E-state index in [-0.39, 0.29) is 23.8 Å². The van der Waals surface area contributed by atoms with Gasteiger partial charge >= 0.3 is 0 Å². The fraction of sp³-hybridized carbons (Fsp3) is 0.516. The lowest BCUT2D eigenvalue weighted by molar-refractivity contribution is -0.140. The number of methoxy groups -OCH3 is 1. The number of benzene rings is 1. The summed E-state index contributed by atoms with van der Waals surface area (Å²) in [5.74, 6) is 1.67. The number of hydrogen-bond acceptors (Lipinski definition) is 7. The molecule has 9 nitrogen and oxygen atoms in total. The Balaban J connectivity index is 1.18. The van der Waals surface area contributed by atoms with Crippen molar-refractivity contribution in [2.24, 2.45) is 16.9 Å². The number of ether oxygens (including phenoxy) is 2. The van der Waals surface area contributed by atoms with Gasteiger partial charge in [-0.05, 0) is 56.7 Å². The molecule has 3 aliphatic rings. The van der Waals surface area contributed by atoms with Crippen LogP contribution in [-0.4, -0.2) is 55.9 Å². The zero-order chi connectivity index (χ0) is 27.3. The summed E-state index contributed by atoms with van der Waals surface area (Å²) in [7, 11) is 1.67. The lowest BCUT2D eigenvalue weighted by Crippen LogP contribution is -2.49. The molecule has 3 aromatic rings. The first-order chi connectivity index (χ1) is 19.7. The fourth-order valence-corrected chi connectivity index (χ4v) is 6.33. The standard InChI is InChI=1S/C31H38N6O3/c1-39-27-15-14-22(18-28(27)40-17-9-8-16-36-21-34-30-26(36)19-32-20-33-30)29-24-12-6-7-13-25(24)31(38)37(35-29)23-10-4-2-3-5-11-23/h6-7,14-15,18-21,23-25H,2-5,8-13,16-17H2,1H3/t24-,25+/m1/s1. The van der Waals surface area contributed by atoms with Crippen LogP contribution in [0.1, 0.15) is 69.8 Å². The SMILES string of the molecule is COc1ccc(C2=NN(C3CCCCCC3)C(=O)[C@H]3CC=CC[C@@H]23)cc1OCCCCn1cnc2ncncc21. The second-order valence-electron chi connectivity index (χ2n) is 11.1. The van der Waals surface area contributed by atoms with E-state index in [9.17, 15) is 4.79 Å². The van der Waals surface area contributed by atoms with E-state index in [0.717, 1.165) is 61.9 Å². The number of hydrogen-bond donors (Lipinski definition) is 0. The molecule has 210 valence electrons. The quantitative estimate of drug-likeness (QED) is 0.200. The lowest BCUT2D eigenvalue weighted by atomic mass is 9.76. The average Bonchev–Trinajstić information content (AvgIpc) is 3.21. The largest absolute Gasteiger partial charge is 0.493 e. The molecule has 1 aromatic carbocycles. The van der Waals surface area contributed by atoms with Crippen molar-refractivity contribution in [3.8, 4) is 11.5 Å². The van der Waals surface area contributed by atoms with Crippen LogP contribution < -0.4 is 9.47 Å². The number of fused-ring (bicyclic) bond motifs is 2. The molecule has 1 amide bonds. The molecule has 0 N–H and O–H groups in total. The molecule has 0 radical (unpaired) electrons. The van der Waals surface area contributed by atoms with Crippen LogP contribution >= 0.6 is 0 Å². The Morgan fingerprint density at radius 3 is 2.62 bits per heavy atom. The van der Waals surface area contributed by atoms with Crippen molar-refractivity contribution >= 4 is 22.8 Å². The molecule has 2 aliphatic carbocycles. The van der Waals surface area contributed by atoms with Crippen LogP contribution in [0, 0.1) is 11.8 Å². The molecule has 9 heteroatoms. The van der Waals surface area contributed by atoms with Crippen molar-refractivity contribution in [3.05, 3.63) is 54.8 Å². The van der Waals surface area contributed by atoms with Crippen molar-refractivity contribution < 1.29 is 14.3 Å². The third kappa shape index (κ3) is 5.46. The number of imidazole rings is 1. The number of carbonyl (C=O) groups excluding carboxylic acids is 1. The van der Waals surface area contributed by atoms with Crippen LogP contribution in [0.2, 0.25) is 0 Å². The number of carbonyl (C=O) groups is 1. The molecule has 1 fully saturated rings. The van der Waals surface area contributed by atoms with Crippen molar-refractivity contribution in [3.63, 3.8) is 0 Å². The molecule has 0 saturated heterocycles. The smallest absolute Gasteiger partial charge is 0.247 e. The first-order valence-electron chi connectivity index (χ1n) is 14.7. The highest BCUT2D eigenvalue weighted by molar-refractivity contribution is 6.07. The summed E-state index contributed by atoms with van der Waals surface area (Å²) in [4.78, 5) is 26.3. The van der Waals surface area contributed by atoms with Gasteiger partial charge in [0.2, 0.25) is 5.91 Å². The Hall–Kier alpha value is -3.75. The molecule has 0 bridgehead atoms. The van der Waals surface area contributed by atoms with E-state index in [1.807, 2.05) is 17.4 Å². The van der Waals surface area contributed by atoms with Gasteiger partial charge in [0.15, 0.2) is 17.1 Å². The predicted molar refractivity (Wildman–Crippen MR) is 153 cm³/mol. The second-order valence-corrected chi connectivity index (χ2v) is 11.1. The van der Waals surface area contributed by atoms with Gasteiger partial charge in [0, 0.05) is 18.0 Å². The summed E-state index contributed by atoms with van der Waals surface area (Å²) in [5, 5.41) is 6.95. The van der Waals surface area contributed by atoms with Crippen LogP contribution in [0.4, 0.5) is 0 Å². The maximum absolute atomic E-state index is 13.6. The van der Waals surface area contributed by atoms with Gasteiger partial charge in [-0.1, -0.05) is 37.8 Å². The van der Waals surface area contributed by atoms with Gasteiger partial charge in [-0.15, -0.1) is 0 Å². The molecule has 1 aliphatic heterocycles. The van der Waals surface area contributed by atoms with Crippen LogP contribution in [0.25, 0.3) is 11.2 Å². The minimum Gasteiger partial charge on any atom is -0.493 e. The number of nitrogens with zero attached hydrogens (tertiary/aromatic N) is 6. The first-order valence-corrected chi connectivity index (χ1v) is 14.7. The molecule has 2 atom stereocenters. The Labute approximate surface area is 235 Å². The van der Waals surface area contributed by atoms with Crippen LogP contribution in [0.15, 0.2) is 54.3 Å². The Bertz CT molecular complexity index is 1390. The highest BCUT2D eigenvalue weighted by Crippen LogP contribution is 2.39. The summed E-state index contributed by atoms with van der Waals surface area (Å²) < 4.78 is 14.0. The number of allylic oxidation sites excluding steroid dienone is 2. The monoisotopic (exact) mass is 542 g/mol. The number of amides is 1. The van der Waals surface area contributed by atoms with Gasteiger partial charge in [0.1, 0.15) is 11.8 Å². The molecule has 2 aromatic heterocycles. The molecule has 6 rings (SSSR count). The number of aryl methyl sites for hydroxylation is 1. The van der Waals surface area contributed by atoms with E-state index in [2.05, 4.69) is 43.8 Å². The van der Waals surface area contributed by atoms with Gasteiger partial charge in [-0.3, -0.25) is 4.79 Å². The minimum absolute atomic E-state index is 0.0446. The van der Waals surface area contributed by atoms with Gasteiger partial charge in [0.05, 0.1) is 43.9 Å². The molecular formula is C31H38N6O3. The van der Waals surface area contributed by atoms with E-state index < -0.39 is 0 Å². The number of rotatable bonds is 9. The fourth-order valence-electron chi connectivity index (χ4n) is 6.33.